The van der Waals surface area contributed by atoms with E-state index < -0.39 is 0 Å². The van der Waals surface area contributed by atoms with E-state index in [4.69, 9.17) is 4.74 Å². The summed E-state index contributed by atoms with van der Waals surface area (Å²) in [6.45, 7) is 3.62. The van der Waals surface area contributed by atoms with Gasteiger partial charge in [0, 0.05) is 48.5 Å². The van der Waals surface area contributed by atoms with Gasteiger partial charge in [0.05, 0.1) is 0 Å². The van der Waals surface area contributed by atoms with Crippen LogP contribution in [-0.4, -0.2) is 40.6 Å². The van der Waals surface area contributed by atoms with Gasteiger partial charge < -0.3 is 14.6 Å². The Kier molecular flexibility index (Phi) is 3.71. The fraction of sp³-hybridized carbons (Fsp3) is 0.381. The van der Waals surface area contributed by atoms with E-state index >= 15 is 0 Å². The summed E-state index contributed by atoms with van der Waals surface area (Å²) in [5.74, 6) is 1.43. The second-order valence-electron chi connectivity index (χ2n) is 7.31. The first-order chi connectivity index (χ1) is 12.3. The first kappa shape index (κ1) is 15.0. The number of rotatable bonds is 3. The van der Waals surface area contributed by atoms with Gasteiger partial charge in [-0.25, -0.2) is 4.98 Å². The third-order valence-electron chi connectivity index (χ3n) is 5.69. The van der Waals surface area contributed by atoms with Gasteiger partial charge in [-0.2, -0.15) is 0 Å². The second kappa shape index (κ2) is 6.19. The second-order valence-corrected chi connectivity index (χ2v) is 7.31. The van der Waals surface area contributed by atoms with Crippen LogP contribution in [0, 0.1) is 5.92 Å². The maximum absolute atomic E-state index is 6.25. The fourth-order valence-electron chi connectivity index (χ4n) is 4.31. The quantitative estimate of drug-likeness (QED) is 0.785. The number of nitrogens with zero attached hydrogens (tertiary/aromatic N) is 2. The minimum Gasteiger partial charge on any atom is -0.474 e. The zero-order chi connectivity index (χ0) is 16.6. The molecule has 0 amide bonds. The van der Waals surface area contributed by atoms with E-state index in [9.17, 15) is 0 Å². The maximum atomic E-state index is 6.25. The van der Waals surface area contributed by atoms with Crippen molar-refractivity contribution in [1.82, 2.24) is 14.9 Å². The third-order valence-corrected chi connectivity index (χ3v) is 5.69. The molecule has 5 rings (SSSR count). The minimum absolute atomic E-state index is 0.325. The molecule has 2 saturated heterocycles. The monoisotopic (exact) mass is 333 g/mol. The Hall–Kier alpha value is -2.33. The summed E-state index contributed by atoms with van der Waals surface area (Å²) in [7, 11) is 0. The molecule has 3 aromatic rings. The van der Waals surface area contributed by atoms with Gasteiger partial charge in [0.15, 0.2) is 0 Å². The average molecular weight is 333 g/mol. The van der Waals surface area contributed by atoms with Crippen LogP contribution in [0.3, 0.4) is 0 Å². The van der Waals surface area contributed by atoms with E-state index in [-0.39, 0.29) is 0 Å². The Morgan fingerprint density at radius 3 is 2.92 bits per heavy atom. The van der Waals surface area contributed by atoms with Crippen LogP contribution < -0.4 is 4.74 Å². The molecule has 2 fully saturated rings. The predicted molar refractivity (Wildman–Crippen MR) is 99.7 cm³/mol. The van der Waals surface area contributed by atoms with Crippen molar-refractivity contribution in [3.63, 3.8) is 0 Å². The van der Waals surface area contributed by atoms with Gasteiger partial charge in [-0.1, -0.05) is 6.07 Å². The molecule has 1 N–H and O–H groups in total. The molecule has 0 saturated carbocycles. The van der Waals surface area contributed by atoms with Crippen LogP contribution in [0.25, 0.3) is 22.0 Å². The molecule has 128 valence electrons. The molecule has 3 atom stereocenters. The average Bonchev–Trinajstić information content (AvgIpc) is 3.13. The van der Waals surface area contributed by atoms with Gasteiger partial charge in [-0.05, 0) is 61.0 Å². The van der Waals surface area contributed by atoms with Gasteiger partial charge in [0.2, 0.25) is 5.88 Å². The van der Waals surface area contributed by atoms with Gasteiger partial charge in [0.25, 0.3) is 0 Å². The van der Waals surface area contributed by atoms with Crippen molar-refractivity contribution in [3.8, 4) is 17.0 Å². The van der Waals surface area contributed by atoms with E-state index in [1.807, 2.05) is 18.5 Å². The highest BCUT2D eigenvalue weighted by atomic mass is 16.5. The highest BCUT2D eigenvalue weighted by Crippen LogP contribution is 2.30. The summed E-state index contributed by atoms with van der Waals surface area (Å²) < 4.78 is 6.25. The normalized spacial score (nSPS) is 25.8. The van der Waals surface area contributed by atoms with Crippen LogP contribution in [0.15, 0.2) is 48.8 Å². The third kappa shape index (κ3) is 2.91. The number of hydrogen-bond acceptors (Lipinski definition) is 3. The number of aromatic amines is 1. The van der Waals surface area contributed by atoms with Crippen molar-refractivity contribution in [3.05, 3.63) is 48.8 Å². The number of nitrogens with one attached hydrogen (secondary N) is 1. The lowest BCUT2D eigenvalue weighted by Crippen LogP contribution is -2.49. The highest BCUT2D eigenvalue weighted by Gasteiger charge is 2.33. The molecule has 4 heteroatoms. The lowest BCUT2D eigenvalue weighted by Gasteiger charge is -2.42. The lowest BCUT2D eigenvalue weighted by molar-refractivity contribution is 0.0128. The first-order valence-electron chi connectivity index (χ1n) is 9.28. The van der Waals surface area contributed by atoms with Crippen LogP contribution in [0.1, 0.15) is 19.3 Å². The smallest absolute Gasteiger partial charge is 0.213 e. The molecule has 1 unspecified atom stereocenters. The molecule has 2 aliphatic heterocycles. The Labute approximate surface area is 147 Å². The summed E-state index contributed by atoms with van der Waals surface area (Å²) in [5.41, 5.74) is 3.48. The van der Waals surface area contributed by atoms with Gasteiger partial charge >= 0.3 is 0 Å². The molecule has 4 nitrogen and oxygen atoms in total. The molecule has 2 bridgehead atoms. The fourth-order valence-corrected chi connectivity index (χ4v) is 4.31. The van der Waals surface area contributed by atoms with Crippen LogP contribution in [0.2, 0.25) is 0 Å². The number of benzene rings is 1. The van der Waals surface area contributed by atoms with Gasteiger partial charge in [-0.3, -0.25) is 0 Å². The number of aromatic nitrogens is 2. The van der Waals surface area contributed by atoms with Crippen LogP contribution in [-0.2, 0) is 0 Å². The molecule has 2 aromatic heterocycles. The van der Waals surface area contributed by atoms with Crippen LogP contribution >= 0.6 is 0 Å². The summed E-state index contributed by atoms with van der Waals surface area (Å²) >= 11 is 0. The van der Waals surface area contributed by atoms with E-state index in [0.717, 1.165) is 29.9 Å². The number of piperidine rings is 2. The van der Waals surface area contributed by atoms with Crippen molar-refractivity contribution in [1.29, 1.82) is 0 Å². The zero-order valence-corrected chi connectivity index (χ0v) is 14.3. The summed E-state index contributed by atoms with van der Waals surface area (Å²) in [5, 5.41) is 1.22. The largest absolute Gasteiger partial charge is 0.474 e. The van der Waals surface area contributed by atoms with Crippen molar-refractivity contribution in [2.24, 2.45) is 5.92 Å². The van der Waals surface area contributed by atoms with Crippen molar-refractivity contribution in [2.75, 3.05) is 19.6 Å². The van der Waals surface area contributed by atoms with Crippen LogP contribution in [0.5, 0.6) is 5.88 Å². The summed E-state index contributed by atoms with van der Waals surface area (Å²) in [6, 6.07) is 12.7. The standard InChI is InChI=1S/C21H23N3O/c1-2-18-14-24(10-1)11-8-20(18)25-21-6-4-17(13-23-21)15-3-5-19-16(12-15)7-9-22-19/h3-7,9,12-13,18,20,22H,1-2,8,10-11,14H2/t18-,20+/m1/s1. The lowest BCUT2D eigenvalue weighted by atomic mass is 9.87. The first-order valence-corrected chi connectivity index (χ1v) is 9.28. The molecule has 1 aromatic carbocycles. The molecular formula is C21H23N3O. The van der Waals surface area contributed by atoms with E-state index in [1.165, 1.54) is 36.9 Å². The predicted octanol–water partition coefficient (Wildman–Crippen LogP) is 4.09. The minimum atomic E-state index is 0.325. The van der Waals surface area contributed by atoms with Crippen LogP contribution in [0.4, 0.5) is 0 Å². The van der Waals surface area contributed by atoms with E-state index in [0.29, 0.717) is 12.0 Å². The number of pyridine rings is 1. The Bertz CT molecular complexity index is 870. The molecular weight excluding hydrogens is 310 g/mol. The van der Waals surface area contributed by atoms with Crippen molar-refractivity contribution < 1.29 is 4.74 Å². The van der Waals surface area contributed by atoms with E-state index in [1.54, 1.807) is 0 Å². The van der Waals surface area contributed by atoms with Crippen molar-refractivity contribution >= 4 is 10.9 Å². The van der Waals surface area contributed by atoms with Gasteiger partial charge in [-0.15, -0.1) is 0 Å². The number of fused-ring (bicyclic) bond motifs is 3. The van der Waals surface area contributed by atoms with Crippen molar-refractivity contribution in [2.45, 2.75) is 25.4 Å². The Morgan fingerprint density at radius 1 is 1.04 bits per heavy atom. The Morgan fingerprint density at radius 2 is 2.00 bits per heavy atom. The maximum Gasteiger partial charge on any atom is 0.213 e. The molecule has 0 aliphatic carbocycles. The molecule has 0 spiro atoms. The zero-order valence-electron chi connectivity index (χ0n) is 14.3. The van der Waals surface area contributed by atoms with Gasteiger partial charge in [0.1, 0.15) is 6.10 Å². The summed E-state index contributed by atoms with van der Waals surface area (Å²) in [6.07, 6.45) is 7.94. The molecule has 0 radical (unpaired) electrons. The highest BCUT2D eigenvalue weighted by molar-refractivity contribution is 5.84. The SMILES string of the molecule is c1cc2cc(-c3ccc(O[C@H]4CCN5CCC[C@@H]4C5)nc3)ccc2[nH]1. The number of H-pyrrole nitrogens is 1. The van der Waals surface area contributed by atoms with E-state index in [2.05, 4.69) is 45.2 Å². The molecule has 4 heterocycles. The molecule has 2 aliphatic rings. The number of hydrogen-bond donors (Lipinski definition) is 1. The summed E-state index contributed by atoms with van der Waals surface area (Å²) in [4.78, 5) is 10.4. The Balaban J connectivity index is 1.32. The topological polar surface area (TPSA) is 41.1 Å². The molecule has 25 heavy (non-hydrogen) atoms. The number of ether oxygens (including phenoxy) is 1.